The Morgan fingerprint density at radius 3 is 2.72 bits per heavy atom. The van der Waals surface area contributed by atoms with Crippen LogP contribution < -0.4 is 20.1 Å². The predicted molar refractivity (Wildman–Crippen MR) is 101 cm³/mol. The van der Waals surface area contributed by atoms with E-state index >= 15 is 0 Å². The molecule has 140 valence electrons. The molecule has 1 aliphatic heterocycles. The summed E-state index contributed by atoms with van der Waals surface area (Å²) in [6.07, 6.45) is 7.69. The lowest BCUT2D eigenvalue weighted by Crippen LogP contribution is -2.31. The van der Waals surface area contributed by atoms with Crippen molar-refractivity contribution in [1.82, 2.24) is 10.6 Å². The highest BCUT2D eigenvalue weighted by Crippen LogP contribution is 2.34. The Hall–Kier alpha value is -1.46. The number of methoxy groups -OCH3 is 1. The number of para-hydroxylation sites is 1. The van der Waals surface area contributed by atoms with Gasteiger partial charge >= 0.3 is 0 Å². The minimum absolute atomic E-state index is 0. The number of carbonyl (C=O) groups excluding carboxylic acids is 1. The molecule has 2 fully saturated rings. The monoisotopic (exact) mass is 368 g/mol. The molecule has 2 aliphatic rings. The van der Waals surface area contributed by atoms with Gasteiger partial charge in [-0.05, 0) is 51.1 Å². The van der Waals surface area contributed by atoms with Gasteiger partial charge < -0.3 is 20.1 Å². The Kier molecular flexibility index (Phi) is 7.85. The second-order valence-electron chi connectivity index (χ2n) is 6.75. The number of halogens is 1. The van der Waals surface area contributed by atoms with Crippen molar-refractivity contribution in [2.24, 2.45) is 0 Å². The topological polar surface area (TPSA) is 59.6 Å². The maximum absolute atomic E-state index is 12.2. The Bertz CT molecular complexity index is 556. The summed E-state index contributed by atoms with van der Waals surface area (Å²) in [6.45, 7) is 1.50. The van der Waals surface area contributed by atoms with Gasteiger partial charge in [0.05, 0.1) is 13.2 Å². The van der Waals surface area contributed by atoms with E-state index in [2.05, 4.69) is 10.6 Å². The van der Waals surface area contributed by atoms with Crippen LogP contribution in [0.5, 0.6) is 11.5 Å². The third kappa shape index (κ3) is 5.51. The van der Waals surface area contributed by atoms with Gasteiger partial charge in [0.25, 0.3) is 0 Å². The van der Waals surface area contributed by atoms with Crippen LogP contribution in [0.2, 0.25) is 0 Å². The molecule has 25 heavy (non-hydrogen) atoms. The minimum atomic E-state index is 0. The van der Waals surface area contributed by atoms with E-state index < -0.39 is 0 Å². The quantitative estimate of drug-likeness (QED) is 0.776. The molecule has 1 saturated carbocycles. The molecule has 5 nitrogen and oxygen atoms in total. The first kappa shape index (κ1) is 19.9. The van der Waals surface area contributed by atoms with Crippen molar-refractivity contribution in [3.05, 3.63) is 23.8 Å². The number of hydrogen-bond donors (Lipinski definition) is 2. The molecule has 0 bridgehead atoms. The van der Waals surface area contributed by atoms with Crippen molar-refractivity contribution in [3.8, 4) is 11.5 Å². The summed E-state index contributed by atoms with van der Waals surface area (Å²) < 4.78 is 11.7. The first-order valence-corrected chi connectivity index (χ1v) is 9.09. The largest absolute Gasteiger partial charge is 0.493 e. The second-order valence-corrected chi connectivity index (χ2v) is 6.75. The number of benzene rings is 1. The van der Waals surface area contributed by atoms with Crippen LogP contribution >= 0.6 is 12.4 Å². The van der Waals surface area contributed by atoms with E-state index in [1.165, 1.54) is 12.8 Å². The molecule has 6 heteroatoms. The first-order valence-electron chi connectivity index (χ1n) is 9.09. The van der Waals surface area contributed by atoms with Crippen LogP contribution in [0.1, 0.15) is 50.5 Å². The molecule has 1 aromatic carbocycles. The molecule has 1 atom stereocenters. The zero-order valence-corrected chi connectivity index (χ0v) is 15.7. The highest BCUT2D eigenvalue weighted by atomic mass is 35.5. The van der Waals surface area contributed by atoms with Gasteiger partial charge in [-0.3, -0.25) is 4.79 Å². The van der Waals surface area contributed by atoms with E-state index in [1.807, 2.05) is 18.2 Å². The summed E-state index contributed by atoms with van der Waals surface area (Å²) >= 11 is 0. The van der Waals surface area contributed by atoms with Gasteiger partial charge in [0.15, 0.2) is 11.5 Å². The fourth-order valence-corrected chi connectivity index (χ4v) is 3.59. The number of amides is 1. The first-order chi connectivity index (χ1) is 11.8. The van der Waals surface area contributed by atoms with Crippen molar-refractivity contribution < 1.29 is 14.3 Å². The smallest absolute Gasteiger partial charge is 0.221 e. The lowest BCUT2D eigenvalue weighted by molar-refractivity contribution is -0.121. The molecular formula is C19H29ClN2O3. The van der Waals surface area contributed by atoms with Crippen molar-refractivity contribution >= 4 is 18.3 Å². The summed E-state index contributed by atoms with van der Waals surface area (Å²) in [4.78, 5) is 12.2. The van der Waals surface area contributed by atoms with Gasteiger partial charge in [0.1, 0.15) is 0 Å². The number of nitrogens with one attached hydrogen (secondary N) is 2. The maximum atomic E-state index is 12.2. The van der Waals surface area contributed by atoms with Crippen LogP contribution in [-0.4, -0.2) is 31.7 Å². The van der Waals surface area contributed by atoms with Gasteiger partial charge in [0.2, 0.25) is 5.91 Å². The third-order valence-electron chi connectivity index (χ3n) is 4.94. The zero-order valence-electron chi connectivity index (χ0n) is 14.9. The summed E-state index contributed by atoms with van der Waals surface area (Å²) in [6, 6.07) is 6.18. The Labute approximate surface area is 156 Å². The third-order valence-corrected chi connectivity index (χ3v) is 4.94. The summed E-state index contributed by atoms with van der Waals surface area (Å²) in [5.41, 5.74) is 0.981. The SMILES string of the molecule is COc1cccc(CNC(=O)CC2CCCN2)c1OC1CCCC1.Cl. The van der Waals surface area contributed by atoms with Crippen molar-refractivity contribution in [2.45, 2.75) is 63.6 Å². The molecule has 1 aliphatic carbocycles. The lowest BCUT2D eigenvalue weighted by atomic mass is 10.1. The molecule has 2 N–H and O–H groups in total. The van der Waals surface area contributed by atoms with Crippen molar-refractivity contribution in [2.75, 3.05) is 13.7 Å². The molecular weight excluding hydrogens is 340 g/mol. The molecule has 1 amide bonds. The standard InChI is InChI=1S/C19H28N2O3.ClH/c1-23-17-10-4-6-14(19(17)24-16-8-2-3-9-16)13-21-18(22)12-15-7-5-11-20-15;/h4,6,10,15-16,20H,2-3,5,7-9,11-13H2,1H3,(H,21,22);1H. The van der Waals surface area contributed by atoms with Crippen molar-refractivity contribution in [1.29, 1.82) is 0 Å². The van der Waals surface area contributed by atoms with Gasteiger partial charge in [0, 0.05) is 24.6 Å². The van der Waals surface area contributed by atoms with Crippen LogP contribution in [0.4, 0.5) is 0 Å². The average molecular weight is 369 g/mol. The number of rotatable bonds is 7. The Morgan fingerprint density at radius 1 is 1.24 bits per heavy atom. The molecule has 1 saturated heterocycles. The second kappa shape index (κ2) is 9.88. The summed E-state index contributed by atoms with van der Waals surface area (Å²) in [5, 5.41) is 6.39. The van der Waals surface area contributed by atoms with E-state index in [0.29, 0.717) is 19.0 Å². The highest BCUT2D eigenvalue weighted by molar-refractivity contribution is 5.85. The fraction of sp³-hybridized carbons (Fsp3) is 0.632. The molecule has 0 aromatic heterocycles. The van der Waals surface area contributed by atoms with Gasteiger partial charge in [-0.15, -0.1) is 12.4 Å². The molecule has 1 unspecified atom stereocenters. The van der Waals surface area contributed by atoms with E-state index in [1.54, 1.807) is 7.11 Å². The van der Waals surface area contributed by atoms with Gasteiger partial charge in [-0.25, -0.2) is 0 Å². The van der Waals surface area contributed by atoms with Crippen LogP contribution in [0.3, 0.4) is 0 Å². The minimum Gasteiger partial charge on any atom is -0.493 e. The zero-order chi connectivity index (χ0) is 16.8. The highest BCUT2D eigenvalue weighted by Gasteiger charge is 2.21. The van der Waals surface area contributed by atoms with E-state index in [0.717, 1.165) is 49.3 Å². The van der Waals surface area contributed by atoms with Crippen molar-refractivity contribution in [3.63, 3.8) is 0 Å². The van der Waals surface area contributed by atoms with E-state index in [-0.39, 0.29) is 24.4 Å². The van der Waals surface area contributed by atoms with Crippen LogP contribution in [0.15, 0.2) is 18.2 Å². The average Bonchev–Trinajstić information content (AvgIpc) is 3.27. The van der Waals surface area contributed by atoms with E-state index in [4.69, 9.17) is 9.47 Å². The molecule has 0 radical (unpaired) electrons. The normalized spacial score (nSPS) is 20.1. The number of ether oxygens (including phenoxy) is 2. The summed E-state index contributed by atoms with van der Waals surface area (Å²) in [7, 11) is 1.66. The molecule has 0 spiro atoms. The Balaban J connectivity index is 0.00000225. The summed E-state index contributed by atoms with van der Waals surface area (Å²) in [5.74, 6) is 1.61. The van der Waals surface area contributed by atoms with E-state index in [9.17, 15) is 4.79 Å². The number of hydrogen-bond acceptors (Lipinski definition) is 4. The van der Waals surface area contributed by atoms with Crippen LogP contribution in [0.25, 0.3) is 0 Å². The van der Waals surface area contributed by atoms with Crippen LogP contribution in [-0.2, 0) is 11.3 Å². The van der Waals surface area contributed by atoms with Gasteiger partial charge in [-0.1, -0.05) is 12.1 Å². The molecule has 1 heterocycles. The molecule has 1 aromatic rings. The van der Waals surface area contributed by atoms with Crippen LogP contribution in [0, 0.1) is 0 Å². The predicted octanol–water partition coefficient (Wildman–Crippen LogP) is 3.20. The molecule has 3 rings (SSSR count). The fourth-order valence-electron chi connectivity index (χ4n) is 3.59. The Morgan fingerprint density at radius 2 is 2.04 bits per heavy atom. The van der Waals surface area contributed by atoms with Gasteiger partial charge in [-0.2, -0.15) is 0 Å². The maximum Gasteiger partial charge on any atom is 0.221 e. The number of carbonyl (C=O) groups is 1. The lowest BCUT2D eigenvalue weighted by Gasteiger charge is -2.19.